The summed E-state index contributed by atoms with van der Waals surface area (Å²) in [7, 11) is 0. The van der Waals surface area contributed by atoms with E-state index >= 15 is 0 Å². The van der Waals surface area contributed by atoms with Gasteiger partial charge in [0.25, 0.3) is 0 Å². The van der Waals surface area contributed by atoms with Crippen LogP contribution in [0.3, 0.4) is 0 Å². The van der Waals surface area contributed by atoms with Crippen molar-refractivity contribution in [2.24, 2.45) is 0 Å². The number of rotatable bonds is 7. The maximum absolute atomic E-state index is 13.4. The average Bonchev–Trinajstić information content (AvgIpc) is 3.40. The normalized spacial score (nSPS) is 11.4. The molecule has 9 heteroatoms. The van der Waals surface area contributed by atoms with Gasteiger partial charge in [-0.3, -0.25) is 4.90 Å². The number of alkyl halides is 3. The van der Waals surface area contributed by atoms with Gasteiger partial charge in [0.2, 0.25) is 5.89 Å². The van der Waals surface area contributed by atoms with Crippen molar-refractivity contribution in [3.8, 4) is 22.6 Å². The first kappa shape index (κ1) is 25.0. The second-order valence-electron chi connectivity index (χ2n) is 8.06. The third-order valence-electron chi connectivity index (χ3n) is 5.76. The van der Waals surface area contributed by atoms with Gasteiger partial charge in [0.15, 0.2) is 0 Å². The molecule has 0 aliphatic carbocycles. The number of hydrogen-bond acceptors (Lipinski definition) is 4. The highest BCUT2D eigenvalue weighted by molar-refractivity contribution is 5.92. The van der Waals surface area contributed by atoms with Gasteiger partial charge in [-0.05, 0) is 54.8 Å². The van der Waals surface area contributed by atoms with Gasteiger partial charge in [-0.2, -0.15) is 13.2 Å². The largest absolute Gasteiger partial charge is 0.470 e. The van der Waals surface area contributed by atoms with Gasteiger partial charge in [-0.25, -0.2) is 4.79 Å². The second kappa shape index (κ2) is 10.6. The molecule has 0 spiro atoms. The maximum atomic E-state index is 13.4. The van der Waals surface area contributed by atoms with Crippen LogP contribution in [0.5, 0.6) is 0 Å². The first-order valence-corrected chi connectivity index (χ1v) is 11.5. The molecule has 0 fully saturated rings. The molecule has 186 valence electrons. The molecule has 4 rings (SSSR count). The van der Waals surface area contributed by atoms with Gasteiger partial charge in [0.05, 0.1) is 6.54 Å². The zero-order valence-electron chi connectivity index (χ0n) is 19.9. The molecule has 4 aromatic rings. The Bertz CT molecular complexity index is 1280. The van der Waals surface area contributed by atoms with Gasteiger partial charge in [-0.15, -0.1) is 10.2 Å². The summed E-state index contributed by atoms with van der Waals surface area (Å²) in [6, 6.07) is 24.3. The van der Waals surface area contributed by atoms with Crippen LogP contribution >= 0.6 is 0 Å². The topological polar surface area (TPSA) is 62.5 Å². The number of benzene rings is 3. The molecule has 6 nitrogen and oxygen atoms in total. The number of amides is 2. The number of urea groups is 1. The maximum Gasteiger partial charge on any atom is 0.470 e. The quantitative estimate of drug-likeness (QED) is 0.281. The number of halogens is 3. The minimum atomic E-state index is -4.70. The van der Waals surface area contributed by atoms with Crippen molar-refractivity contribution in [3.05, 3.63) is 90.3 Å². The van der Waals surface area contributed by atoms with Crippen LogP contribution in [0.4, 0.5) is 23.7 Å². The predicted octanol–water partition coefficient (Wildman–Crippen LogP) is 6.89. The molecular formula is C27H25F3N4O2. The second-order valence-corrected chi connectivity index (χ2v) is 8.06. The molecular weight excluding hydrogens is 469 g/mol. The number of carbonyl (C=O) groups is 1. The Morgan fingerprint density at radius 2 is 1.39 bits per heavy atom. The SMILES string of the molecule is CCN(CC)C(=O)N(Cc1ccc(-c2nnc(C(F)(F)F)o2)cc1)c1ccc(-c2ccccc2)cc1. The summed E-state index contributed by atoms with van der Waals surface area (Å²) in [5.74, 6) is -1.61. The highest BCUT2D eigenvalue weighted by Gasteiger charge is 2.38. The summed E-state index contributed by atoms with van der Waals surface area (Å²) in [5, 5.41) is 6.55. The van der Waals surface area contributed by atoms with Crippen molar-refractivity contribution in [2.75, 3.05) is 18.0 Å². The van der Waals surface area contributed by atoms with Gasteiger partial charge >= 0.3 is 18.1 Å². The van der Waals surface area contributed by atoms with E-state index in [2.05, 4.69) is 10.2 Å². The molecule has 0 saturated carbocycles. The van der Waals surface area contributed by atoms with E-state index in [1.807, 2.05) is 68.4 Å². The van der Waals surface area contributed by atoms with Crippen LogP contribution in [0.15, 0.2) is 83.3 Å². The third-order valence-corrected chi connectivity index (χ3v) is 5.76. The van der Waals surface area contributed by atoms with E-state index in [0.29, 0.717) is 18.7 Å². The Kier molecular flexibility index (Phi) is 7.38. The summed E-state index contributed by atoms with van der Waals surface area (Å²) in [6.45, 7) is 5.24. The smallest absolute Gasteiger partial charge is 0.413 e. The highest BCUT2D eigenvalue weighted by Crippen LogP contribution is 2.31. The number of aromatic nitrogens is 2. The van der Waals surface area contributed by atoms with Crippen molar-refractivity contribution in [1.29, 1.82) is 0 Å². The fourth-order valence-corrected chi connectivity index (χ4v) is 3.79. The first-order chi connectivity index (χ1) is 17.3. The van der Waals surface area contributed by atoms with E-state index < -0.39 is 12.1 Å². The molecule has 2 amide bonds. The van der Waals surface area contributed by atoms with Gasteiger partial charge in [0, 0.05) is 24.3 Å². The monoisotopic (exact) mass is 494 g/mol. The Balaban J connectivity index is 1.59. The average molecular weight is 495 g/mol. The molecule has 0 saturated heterocycles. The molecule has 3 aromatic carbocycles. The van der Waals surface area contributed by atoms with Crippen molar-refractivity contribution < 1.29 is 22.4 Å². The van der Waals surface area contributed by atoms with Crippen molar-refractivity contribution in [2.45, 2.75) is 26.6 Å². The number of anilines is 1. The molecule has 0 atom stereocenters. The number of carbonyl (C=O) groups excluding carboxylic acids is 1. The minimum absolute atomic E-state index is 0.136. The molecule has 0 radical (unpaired) electrons. The molecule has 1 aromatic heterocycles. The first-order valence-electron chi connectivity index (χ1n) is 11.5. The number of nitrogens with zero attached hydrogens (tertiary/aromatic N) is 4. The van der Waals surface area contributed by atoms with Crippen LogP contribution < -0.4 is 4.90 Å². The lowest BCUT2D eigenvalue weighted by atomic mass is 10.1. The fraction of sp³-hybridized carbons (Fsp3) is 0.222. The lowest BCUT2D eigenvalue weighted by molar-refractivity contribution is -0.156. The van der Waals surface area contributed by atoms with Gasteiger partial charge in [-0.1, -0.05) is 54.6 Å². The van der Waals surface area contributed by atoms with Crippen LogP contribution in [0.2, 0.25) is 0 Å². The van der Waals surface area contributed by atoms with Crippen LogP contribution in [-0.2, 0) is 12.7 Å². The van der Waals surface area contributed by atoms with Crippen molar-refractivity contribution in [1.82, 2.24) is 15.1 Å². The molecule has 1 heterocycles. The molecule has 0 bridgehead atoms. The van der Waals surface area contributed by atoms with Gasteiger partial charge < -0.3 is 9.32 Å². The summed E-state index contributed by atoms with van der Waals surface area (Å²) in [4.78, 5) is 16.8. The summed E-state index contributed by atoms with van der Waals surface area (Å²) >= 11 is 0. The van der Waals surface area contributed by atoms with E-state index in [9.17, 15) is 18.0 Å². The zero-order valence-corrected chi connectivity index (χ0v) is 19.9. The van der Waals surface area contributed by atoms with Crippen LogP contribution in [0, 0.1) is 0 Å². The van der Waals surface area contributed by atoms with E-state index in [1.54, 1.807) is 34.1 Å². The van der Waals surface area contributed by atoms with E-state index in [4.69, 9.17) is 4.42 Å². The summed E-state index contributed by atoms with van der Waals surface area (Å²) < 4.78 is 43.1. The third kappa shape index (κ3) is 5.56. The fourth-order valence-electron chi connectivity index (χ4n) is 3.79. The van der Waals surface area contributed by atoms with Crippen LogP contribution in [0.1, 0.15) is 25.3 Å². The van der Waals surface area contributed by atoms with E-state index in [-0.39, 0.29) is 18.5 Å². The number of hydrogen-bond donors (Lipinski definition) is 0. The van der Waals surface area contributed by atoms with E-state index in [1.165, 1.54) is 0 Å². The Morgan fingerprint density at radius 3 is 1.94 bits per heavy atom. The van der Waals surface area contributed by atoms with Crippen LogP contribution in [0.25, 0.3) is 22.6 Å². The molecule has 0 N–H and O–H groups in total. The summed E-state index contributed by atoms with van der Waals surface area (Å²) in [5.41, 5.74) is 4.01. The standard InChI is InChI=1S/C27H25F3N4O2/c1-3-33(4-2)26(35)34(23-16-14-21(15-17-23)20-8-6-5-7-9-20)18-19-10-12-22(13-11-19)24-31-32-25(36-24)27(28,29)30/h5-17H,3-4,18H2,1-2H3. The predicted molar refractivity (Wildman–Crippen MR) is 131 cm³/mol. The van der Waals surface area contributed by atoms with Crippen molar-refractivity contribution in [3.63, 3.8) is 0 Å². The molecule has 36 heavy (non-hydrogen) atoms. The highest BCUT2D eigenvalue weighted by atomic mass is 19.4. The van der Waals surface area contributed by atoms with Gasteiger partial charge in [0.1, 0.15) is 0 Å². The summed E-state index contributed by atoms with van der Waals surface area (Å²) in [6.07, 6.45) is -4.70. The van der Waals surface area contributed by atoms with Crippen molar-refractivity contribution >= 4 is 11.7 Å². The molecule has 0 unspecified atom stereocenters. The Morgan fingerprint density at radius 1 is 0.806 bits per heavy atom. The Hall–Kier alpha value is -4.14. The lowest BCUT2D eigenvalue weighted by Gasteiger charge is -2.29. The lowest BCUT2D eigenvalue weighted by Crippen LogP contribution is -2.42. The molecule has 0 aliphatic rings. The minimum Gasteiger partial charge on any atom is -0.413 e. The molecule has 0 aliphatic heterocycles. The zero-order chi connectivity index (χ0) is 25.7. The van der Waals surface area contributed by atoms with Crippen LogP contribution in [-0.4, -0.2) is 34.2 Å². The van der Waals surface area contributed by atoms with E-state index in [0.717, 1.165) is 22.4 Å². The Labute approximate surface area is 207 Å².